The van der Waals surface area contributed by atoms with Crippen LogP contribution in [0.2, 0.25) is 0 Å². The first-order chi connectivity index (χ1) is 8.57. The number of imidazole rings is 1. The highest BCUT2D eigenvalue weighted by Gasteiger charge is 2.45. The summed E-state index contributed by atoms with van der Waals surface area (Å²) in [6.07, 6.45) is 1.45. The van der Waals surface area contributed by atoms with Crippen molar-refractivity contribution in [1.29, 1.82) is 0 Å². The van der Waals surface area contributed by atoms with Crippen LogP contribution in [0, 0.1) is 5.82 Å². The van der Waals surface area contributed by atoms with Crippen molar-refractivity contribution >= 4 is 41.8 Å². The summed E-state index contributed by atoms with van der Waals surface area (Å²) >= 11 is 0. The highest BCUT2D eigenvalue weighted by molar-refractivity contribution is 5.89. The molecule has 0 atom stereocenters. The van der Waals surface area contributed by atoms with Gasteiger partial charge in [0.1, 0.15) is 11.6 Å². The Labute approximate surface area is 127 Å². The lowest BCUT2D eigenvalue weighted by Crippen LogP contribution is -2.42. The van der Waals surface area contributed by atoms with Crippen LogP contribution in [0.25, 0.3) is 11.0 Å². The molecule has 0 spiro atoms. The number of aromatic amines is 1. The molecule has 2 aromatic rings. The molecular formula is C12H15Cl2FN4O. The summed E-state index contributed by atoms with van der Waals surface area (Å²) in [6, 6.07) is 4.32. The standard InChI is InChI=1S/C12H13FN4O.2ClH/c13-7-1-2-8-9(5-7)17-10(16-8)6-15-11(18)12(14)3-4-12;;/h1-2,5H,3-4,6,14H2,(H,15,18)(H,16,17);2*1H. The Morgan fingerprint density at radius 3 is 2.80 bits per heavy atom. The lowest BCUT2D eigenvalue weighted by atomic mass is 10.3. The zero-order valence-electron chi connectivity index (χ0n) is 10.5. The van der Waals surface area contributed by atoms with Crippen molar-refractivity contribution in [3.63, 3.8) is 0 Å². The van der Waals surface area contributed by atoms with Gasteiger partial charge in [0.2, 0.25) is 5.91 Å². The van der Waals surface area contributed by atoms with Crippen molar-refractivity contribution in [2.24, 2.45) is 5.73 Å². The van der Waals surface area contributed by atoms with Crippen molar-refractivity contribution in [2.75, 3.05) is 0 Å². The first kappa shape index (κ1) is 16.7. The molecule has 0 bridgehead atoms. The van der Waals surface area contributed by atoms with E-state index in [1.807, 2.05) is 0 Å². The number of nitrogens with one attached hydrogen (secondary N) is 2. The van der Waals surface area contributed by atoms with Crippen molar-refractivity contribution in [1.82, 2.24) is 15.3 Å². The molecule has 20 heavy (non-hydrogen) atoms. The molecule has 8 heteroatoms. The first-order valence-corrected chi connectivity index (χ1v) is 5.78. The van der Waals surface area contributed by atoms with Gasteiger partial charge in [0.25, 0.3) is 0 Å². The average Bonchev–Trinajstić information content (AvgIpc) is 2.96. The van der Waals surface area contributed by atoms with Crippen LogP contribution in [0.5, 0.6) is 0 Å². The van der Waals surface area contributed by atoms with Crippen molar-refractivity contribution in [3.05, 3.63) is 29.8 Å². The van der Waals surface area contributed by atoms with E-state index in [-0.39, 0.29) is 43.1 Å². The summed E-state index contributed by atoms with van der Waals surface area (Å²) in [7, 11) is 0. The molecule has 4 N–H and O–H groups in total. The minimum absolute atomic E-state index is 0. The third kappa shape index (κ3) is 3.20. The summed E-state index contributed by atoms with van der Waals surface area (Å²) in [4.78, 5) is 18.8. The number of rotatable bonds is 3. The van der Waals surface area contributed by atoms with E-state index in [0.29, 0.717) is 16.9 Å². The smallest absolute Gasteiger partial charge is 0.240 e. The molecule has 1 saturated carbocycles. The quantitative estimate of drug-likeness (QED) is 0.804. The summed E-state index contributed by atoms with van der Waals surface area (Å²) in [6.45, 7) is 0.272. The normalized spacial score (nSPS) is 15.1. The number of hydrogen-bond donors (Lipinski definition) is 3. The van der Waals surface area contributed by atoms with Gasteiger partial charge in [-0.25, -0.2) is 9.37 Å². The number of nitrogens with two attached hydrogens (primary N) is 1. The van der Waals surface area contributed by atoms with Crippen LogP contribution < -0.4 is 11.1 Å². The van der Waals surface area contributed by atoms with Gasteiger partial charge >= 0.3 is 0 Å². The van der Waals surface area contributed by atoms with Gasteiger partial charge in [-0.15, -0.1) is 24.8 Å². The average molecular weight is 321 g/mol. The topological polar surface area (TPSA) is 83.8 Å². The number of fused-ring (bicyclic) bond motifs is 1. The fourth-order valence-electron chi connectivity index (χ4n) is 1.82. The Morgan fingerprint density at radius 1 is 1.45 bits per heavy atom. The Bertz CT molecular complexity index is 627. The SMILES string of the molecule is Cl.Cl.NC1(C(=O)NCc2nc3ccc(F)cc3[nH]2)CC1. The van der Waals surface area contributed by atoms with E-state index in [2.05, 4.69) is 15.3 Å². The number of carbonyl (C=O) groups excluding carboxylic acids is 1. The number of benzene rings is 1. The van der Waals surface area contributed by atoms with Crippen molar-refractivity contribution in [2.45, 2.75) is 24.9 Å². The van der Waals surface area contributed by atoms with Crippen molar-refractivity contribution in [3.8, 4) is 0 Å². The van der Waals surface area contributed by atoms with Crippen LogP contribution in [-0.4, -0.2) is 21.4 Å². The van der Waals surface area contributed by atoms with Crippen LogP contribution in [0.4, 0.5) is 4.39 Å². The zero-order chi connectivity index (χ0) is 12.8. The van der Waals surface area contributed by atoms with Gasteiger partial charge in [0.05, 0.1) is 23.1 Å². The lowest BCUT2D eigenvalue weighted by molar-refractivity contribution is -0.123. The number of nitrogens with zero attached hydrogens (tertiary/aromatic N) is 1. The molecular weight excluding hydrogens is 306 g/mol. The number of carbonyl (C=O) groups is 1. The number of halogens is 3. The van der Waals surface area contributed by atoms with Crippen LogP contribution in [0.15, 0.2) is 18.2 Å². The Hall–Kier alpha value is -1.37. The molecule has 0 aliphatic heterocycles. The lowest BCUT2D eigenvalue weighted by Gasteiger charge is -2.08. The van der Waals surface area contributed by atoms with Gasteiger partial charge in [-0.1, -0.05) is 0 Å². The maximum Gasteiger partial charge on any atom is 0.240 e. The van der Waals surface area contributed by atoms with Gasteiger partial charge < -0.3 is 16.0 Å². The molecule has 110 valence electrons. The third-order valence-corrected chi connectivity index (χ3v) is 3.15. The Kier molecular flexibility index (Phi) is 4.96. The number of H-pyrrole nitrogens is 1. The maximum atomic E-state index is 13.0. The van der Waals surface area contributed by atoms with Gasteiger partial charge in [-0.3, -0.25) is 4.79 Å². The summed E-state index contributed by atoms with van der Waals surface area (Å²) < 4.78 is 13.0. The number of hydrogen-bond acceptors (Lipinski definition) is 3. The Morgan fingerprint density at radius 2 is 2.15 bits per heavy atom. The molecule has 1 fully saturated rings. The van der Waals surface area contributed by atoms with Gasteiger partial charge in [-0.05, 0) is 31.0 Å². The minimum atomic E-state index is -0.682. The summed E-state index contributed by atoms with van der Waals surface area (Å²) in [5, 5.41) is 2.73. The van der Waals surface area contributed by atoms with Crippen LogP contribution in [0.1, 0.15) is 18.7 Å². The largest absolute Gasteiger partial charge is 0.347 e. The monoisotopic (exact) mass is 320 g/mol. The summed E-state index contributed by atoms with van der Waals surface area (Å²) in [5.74, 6) is 0.114. The molecule has 1 aromatic heterocycles. The van der Waals surface area contributed by atoms with Gasteiger partial charge in [0.15, 0.2) is 0 Å². The second-order valence-electron chi connectivity index (χ2n) is 4.68. The van der Waals surface area contributed by atoms with E-state index >= 15 is 0 Å². The first-order valence-electron chi connectivity index (χ1n) is 5.78. The van der Waals surface area contributed by atoms with E-state index < -0.39 is 5.54 Å². The molecule has 1 aliphatic carbocycles. The fourth-order valence-corrected chi connectivity index (χ4v) is 1.82. The van der Waals surface area contributed by atoms with Crippen LogP contribution >= 0.6 is 24.8 Å². The molecule has 0 unspecified atom stereocenters. The predicted molar refractivity (Wildman–Crippen MR) is 78.5 cm³/mol. The van der Waals surface area contributed by atoms with E-state index in [1.165, 1.54) is 12.1 Å². The van der Waals surface area contributed by atoms with Crippen LogP contribution in [-0.2, 0) is 11.3 Å². The molecule has 1 heterocycles. The number of aromatic nitrogens is 2. The van der Waals surface area contributed by atoms with Crippen molar-refractivity contribution < 1.29 is 9.18 Å². The highest BCUT2D eigenvalue weighted by atomic mass is 35.5. The second kappa shape index (κ2) is 5.95. The van der Waals surface area contributed by atoms with Crippen LogP contribution in [0.3, 0.4) is 0 Å². The number of amides is 1. The van der Waals surface area contributed by atoms with Gasteiger partial charge in [-0.2, -0.15) is 0 Å². The molecule has 0 radical (unpaired) electrons. The van der Waals surface area contributed by atoms with E-state index in [4.69, 9.17) is 5.73 Å². The van der Waals surface area contributed by atoms with E-state index in [1.54, 1.807) is 6.07 Å². The Balaban J connectivity index is 0.000001000. The highest BCUT2D eigenvalue weighted by Crippen LogP contribution is 2.32. The fraction of sp³-hybridized carbons (Fsp3) is 0.333. The molecule has 1 aromatic carbocycles. The van der Waals surface area contributed by atoms with E-state index in [0.717, 1.165) is 12.8 Å². The maximum absolute atomic E-state index is 13.0. The zero-order valence-corrected chi connectivity index (χ0v) is 12.1. The second-order valence-corrected chi connectivity index (χ2v) is 4.68. The molecule has 0 saturated heterocycles. The predicted octanol–water partition coefficient (Wildman–Crippen LogP) is 1.65. The molecule has 1 aliphatic rings. The minimum Gasteiger partial charge on any atom is -0.347 e. The van der Waals surface area contributed by atoms with E-state index in [9.17, 15) is 9.18 Å². The third-order valence-electron chi connectivity index (χ3n) is 3.15. The molecule has 1 amide bonds. The molecule has 3 rings (SSSR count). The summed E-state index contributed by atoms with van der Waals surface area (Å²) in [5.41, 5.74) is 6.37. The van der Waals surface area contributed by atoms with Gasteiger partial charge in [0, 0.05) is 0 Å². The molecule has 5 nitrogen and oxygen atoms in total.